The molecule has 0 bridgehead atoms. The molecule has 5 nitrogen and oxygen atoms in total. The topological polar surface area (TPSA) is 63.2 Å². The molecule has 0 aliphatic carbocycles. The monoisotopic (exact) mass is 357 g/mol. The van der Waals surface area contributed by atoms with Crippen LogP contribution in [0.15, 0.2) is 30.3 Å². The third kappa shape index (κ3) is 2.75. The van der Waals surface area contributed by atoms with Gasteiger partial charge in [0.1, 0.15) is 21.7 Å². The Morgan fingerprint density at radius 3 is 2.76 bits per heavy atom. The van der Waals surface area contributed by atoms with E-state index in [-0.39, 0.29) is 11.7 Å². The van der Waals surface area contributed by atoms with Crippen LogP contribution in [0.2, 0.25) is 0 Å². The fourth-order valence-corrected chi connectivity index (χ4v) is 4.21. The summed E-state index contributed by atoms with van der Waals surface area (Å²) in [5.74, 6) is -0.471. The molecule has 2 aromatic heterocycles. The summed E-state index contributed by atoms with van der Waals surface area (Å²) >= 11 is 1.36. The second-order valence-electron chi connectivity index (χ2n) is 5.94. The maximum Gasteiger partial charge on any atom is 0.265 e. The SMILES string of the molecule is COCc1cc(C)nc2sc3c(c12)N[C@@H](c1ccc(F)cc1)NC3=O. The van der Waals surface area contributed by atoms with Gasteiger partial charge in [-0.15, -0.1) is 11.3 Å². The number of pyridine rings is 1. The summed E-state index contributed by atoms with van der Waals surface area (Å²) in [5.41, 5.74) is 3.42. The van der Waals surface area contributed by atoms with Gasteiger partial charge < -0.3 is 15.4 Å². The van der Waals surface area contributed by atoms with Crippen molar-refractivity contribution in [1.82, 2.24) is 10.3 Å². The molecule has 4 rings (SSSR count). The van der Waals surface area contributed by atoms with Gasteiger partial charge in [-0.2, -0.15) is 0 Å². The predicted molar refractivity (Wildman–Crippen MR) is 95.3 cm³/mol. The third-order valence-electron chi connectivity index (χ3n) is 4.15. The average Bonchev–Trinajstić information content (AvgIpc) is 2.94. The minimum absolute atomic E-state index is 0.160. The number of carbonyl (C=O) groups excluding carboxylic acids is 1. The highest BCUT2D eigenvalue weighted by Gasteiger charge is 2.30. The molecular weight excluding hydrogens is 341 g/mol. The number of anilines is 1. The number of hydrogen-bond donors (Lipinski definition) is 2. The van der Waals surface area contributed by atoms with Crippen LogP contribution in [0.3, 0.4) is 0 Å². The fraction of sp³-hybridized carbons (Fsp3) is 0.222. The summed E-state index contributed by atoms with van der Waals surface area (Å²) in [6.07, 6.45) is -0.421. The Morgan fingerprint density at radius 1 is 1.28 bits per heavy atom. The molecule has 3 aromatic rings. The number of benzene rings is 1. The average molecular weight is 357 g/mol. The highest BCUT2D eigenvalue weighted by atomic mass is 32.1. The minimum Gasteiger partial charge on any atom is -0.380 e. The molecule has 1 amide bonds. The highest BCUT2D eigenvalue weighted by Crippen LogP contribution is 2.41. The summed E-state index contributed by atoms with van der Waals surface area (Å²) in [4.78, 5) is 18.6. The van der Waals surface area contributed by atoms with E-state index in [9.17, 15) is 9.18 Å². The first-order valence-electron chi connectivity index (χ1n) is 7.81. The first kappa shape index (κ1) is 16.0. The van der Waals surface area contributed by atoms with E-state index in [2.05, 4.69) is 15.6 Å². The van der Waals surface area contributed by atoms with Gasteiger partial charge >= 0.3 is 0 Å². The molecule has 0 unspecified atom stereocenters. The summed E-state index contributed by atoms with van der Waals surface area (Å²) in [6.45, 7) is 2.36. The predicted octanol–water partition coefficient (Wildman–Crippen LogP) is 3.74. The third-order valence-corrected chi connectivity index (χ3v) is 5.23. The van der Waals surface area contributed by atoms with Crippen LogP contribution in [0, 0.1) is 12.7 Å². The Kier molecular flexibility index (Phi) is 3.89. The number of ether oxygens (including phenoxy) is 1. The van der Waals surface area contributed by atoms with E-state index in [0.29, 0.717) is 11.5 Å². The van der Waals surface area contributed by atoms with Crippen molar-refractivity contribution in [3.63, 3.8) is 0 Å². The van der Waals surface area contributed by atoms with Crippen molar-refractivity contribution in [2.45, 2.75) is 19.7 Å². The Balaban J connectivity index is 1.84. The van der Waals surface area contributed by atoms with Crippen molar-refractivity contribution in [1.29, 1.82) is 0 Å². The maximum atomic E-state index is 13.2. The van der Waals surface area contributed by atoms with Crippen molar-refractivity contribution < 1.29 is 13.9 Å². The van der Waals surface area contributed by atoms with E-state index in [1.165, 1.54) is 23.5 Å². The normalized spacial score (nSPS) is 16.4. The van der Waals surface area contributed by atoms with Crippen LogP contribution in [-0.4, -0.2) is 18.0 Å². The van der Waals surface area contributed by atoms with Crippen molar-refractivity contribution >= 4 is 33.1 Å². The number of aryl methyl sites for hydroxylation is 1. The number of rotatable bonds is 3. The molecular formula is C18H16FN3O2S. The molecule has 1 aliphatic heterocycles. The Bertz CT molecular complexity index is 969. The van der Waals surface area contributed by atoms with E-state index in [1.54, 1.807) is 19.2 Å². The summed E-state index contributed by atoms with van der Waals surface area (Å²) in [5, 5.41) is 7.19. The second-order valence-corrected chi connectivity index (χ2v) is 6.94. The van der Waals surface area contributed by atoms with Gasteiger partial charge in [0.2, 0.25) is 0 Å². The molecule has 1 aromatic carbocycles. The molecule has 0 radical (unpaired) electrons. The zero-order valence-electron chi connectivity index (χ0n) is 13.7. The number of nitrogens with one attached hydrogen (secondary N) is 2. The Labute approximate surface area is 147 Å². The van der Waals surface area contributed by atoms with E-state index in [0.717, 1.165) is 32.7 Å². The zero-order chi connectivity index (χ0) is 17.6. The van der Waals surface area contributed by atoms with Gasteiger partial charge in [-0.1, -0.05) is 12.1 Å². The van der Waals surface area contributed by atoms with E-state index in [1.807, 2.05) is 13.0 Å². The van der Waals surface area contributed by atoms with Crippen LogP contribution in [-0.2, 0) is 11.3 Å². The lowest BCUT2D eigenvalue weighted by Gasteiger charge is -2.26. The number of aromatic nitrogens is 1. The smallest absolute Gasteiger partial charge is 0.265 e. The summed E-state index contributed by atoms with van der Waals surface area (Å²) < 4.78 is 18.5. The molecule has 1 atom stereocenters. The molecule has 25 heavy (non-hydrogen) atoms. The first-order chi connectivity index (χ1) is 12.1. The van der Waals surface area contributed by atoms with Gasteiger partial charge in [-0.3, -0.25) is 4.79 Å². The Morgan fingerprint density at radius 2 is 2.04 bits per heavy atom. The largest absolute Gasteiger partial charge is 0.380 e. The van der Waals surface area contributed by atoms with Crippen LogP contribution in [0.25, 0.3) is 10.2 Å². The number of nitrogens with zero attached hydrogens (tertiary/aromatic N) is 1. The van der Waals surface area contributed by atoms with E-state index in [4.69, 9.17) is 4.74 Å². The van der Waals surface area contributed by atoms with E-state index < -0.39 is 6.17 Å². The van der Waals surface area contributed by atoms with Crippen molar-refractivity contribution in [2.24, 2.45) is 0 Å². The minimum atomic E-state index is -0.421. The van der Waals surface area contributed by atoms with Gasteiger partial charge in [0, 0.05) is 18.2 Å². The first-order valence-corrected chi connectivity index (χ1v) is 8.63. The van der Waals surface area contributed by atoms with Crippen molar-refractivity contribution in [2.75, 3.05) is 12.4 Å². The Hall–Kier alpha value is -2.51. The van der Waals surface area contributed by atoms with Crippen LogP contribution in [0.5, 0.6) is 0 Å². The van der Waals surface area contributed by atoms with Crippen LogP contribution < -0.4 is 10.6 Å². The molecule has 2 N–H and O–H groups in total. The number of hydrogen-bond acceptors (Lipinski definition) is 5. The molecule has 0 saturated carbocycles. The highest BCUT2D eigenvalue weighted by molar-refractivity contribution is 7.21. The molecule has 0 spiro atoms. The molecule has 7 heteroatoms. The molecule has 128 valence electrons. The van der Waals surface area contributed by atoms with Gasteiger partial charge in [0.05, 0.1) is 12.3 Å². The van der Waals surface area contributed by atoms with Gasteiger partial charge in [0.25, 0.3) is 5.91 Å². The summed E-state index contributed by atoms with van der Waals surface area (Å²) in [6, 6.07) is 8.05. The lowest BCUT2D eigenvalue weighted by Crippen LogP contribution is -2.37. The number of thiophene rings is 1. The van der Waals surface area contributed by atoms with Gasteiger partial charge in [-0.25, -0.2) is 9.37 Å². The van der Waals surface area contributed by atoms with Crippen LogP contribution in [0.4, 0.5) is 10.1 Å². The quantitative estimate of drug-likeness (QED) is 0.749. The lowest BCUT2D eigenvalue weighted by molar-refractivity contribution is 0.0940. The second kappa shape index (κ2) is 6.09. The fourth-order valence-electron chi connectivity index (χ4n) is 3.08. The number of halogens is 1. The summed E-state index contributed by atoms with van der Waals surface area (Å²) in [7, 11) is 1.64. The van der Waals surface area contributed by atoms with Gasteiger partial charge in [-0.05, 0) is 36.2 Å². The van der Waals surface area contributed by atoms with Crippen molar-refractivity contribution in [3.8, 4) is 0 Å². The number of methoxy groups -OCH3 is 1. The van der Waals surface area contributed by atoms with Crippen LogP contribution in [0.1, 0.15) is 32.7 Å². The molecule has 3 heterocycles. The van der Waals surface area contributed by atoms with Crippen molar-refractivity contribution in [3.05, 3.63) is 57.8 Å². The van der Waals surface area contributed by atoms with E-state index >= 15 is 0 Å². The standard InChI is InChI=1S/C18H16FN3O2S/c1-9-7-11(8-24-2)13-14-15(25-18(13)20-9)17(23)22-16(21-14)10-3-5-12(19)6-4-10/h3-7,16,21H,8H2,1-2H3,(H,22,23)/t16-/m1/s1. The zero-order valence-corrected chi connectivity index (χ0v) is 14.5. The lowest BCUT2D eigenvalue weighted by atomic mass is 10.1. The van der Waals surface area contributed by atoms with Gasteiger partial charge in [0.15, 0.2) is 0 Å². The number of fused-ring (bicyclic) bond motifs is 3. The molecule has 0 saturated heterocycles. The van der Waals surface area contributed by atoms with Crippen LogP contribution >= 0.6 is 11.3 Å². The maximum absolute atomic E-state index is 13.2. The number of amides is 1. The molecule has 0 fully saturated rings. The number of carbonyl (C=O) groups is 1. The molecule has 1 aliphatic rings.